The summed E-state index contributed by atoms with van der Waals surface area (Å²) >= 11 is 1.50. The minimum atomic E-state index is -2.51. The maximum atomic E-state index is 13.2. The Morgan fingerprint density at radius 1 is 1.36 bits per heavy atom. The Balaban J connectivity index is 1.69. The Bertz CT molecular complexity index is 541. The van der Waals surface area contributed by atoms with Crippen LogP contribution in [0.5, 0.6) is 0 Å². The van der Waals surface area contributed by atoms with E-state index in [4.69, 9.17) is 4.74 Å². The normalized spacial score (nSPS) is 24.8. The molecule has 0 bridgehead atoms. The Labute approximate surface area is 132 Å². The van der Waals surface area contributed by atoms with Gasteiger partial charge in [-0.3, -0.25) is 4.90 Å². The molecule has 0 radical (unpaired) electrons. The molecular weight excluding hydrogens is 308 g/mol. The molecule has 0 amide bonds. The molecule has 2 heterocycles. The smallest absolute Gasteiger partial charge is 0.248 e. The zero-order valence-corrected chi connectivity index (χ0v) is 13.1. The van der Waals surface area contributed by atoms with Gasteiger partial charge in [0.25, 0.3) is 0 Å². The Hall–Kier alpha value is -1.10. The van der Waals surface area contributed by atoms with Gasteiger partial charge in [0.2, 0.25) is 5.92 Å². The number of nitriles is 1. The molecule has 1 unspecified atom stereocenters. The zero-order valence-electron chi connectivity index (χ0n) is 12.3. The molecule has 1 saturated carbocycles. The number of ether oxygens (including phenoxy) is 1. The van der Waals surface area contributed by atoms with Crippen molar-refractivity contribution in [1.82, 2.24) is 9.88 Å². The van der Waals surface area contributed by atoms with Crippen molar-refractivity contribution in [1.29, 1.82) is 5.26 Å². The predicted molar refractivity (Wildman–Crippen MR) is 79.0 cm³/mol. The lowest BCUT2D eigenvalue weighted by Gasteiger charge is -2.29. The van der Waals surface area contributed by atoms with E-state index in [1.807, 2.05) is 0 Å². The number of halogens is 2. The van der Waals surface area contributed by atoms with Crippen molar-refractivity contribution in [3.05, 3.63) is 16.1 Å². The van der Waals surface area contributed by atoms with Crippen molar-refractivity contribution in [2.45, 2.75) is 43.6 Å². The summed E-state index contributed by atoms with van der Waals surface area (Å²) in [6.07, 6.45) is 2.59. The van der Waals surface area contributed by atoms with Gasteiger partial charge >= 0.3 is 0 Å². The Morgan fingerprint density at radius 2 is 2.05 bits per heavy atom. The average Bonchev–Trinajstić information content (AvgIpc) is 2.99. The monoisotopic (exact) mass is 327 g/mol. The van der Waals surface area contributed by atoms with E-state index < -0.39 is 5.92 Å². The van der Waals surface area contributed by atoms with Crippen LogP contribution in [-0.4, -0.2) is 42.1 Å². The quantitative estimate of drug-likeness (QED) is 0.854. The number of rotatable bonds is 3. The molecule has 7 heteroatoms. The molecule has 1 aromatic heterocycles. The summed E-state index contributed by atoms with van der Waals surface area (Å²) in [5.41, 5.74) is 0. The molecule has 1 saturated heterocycles. The molecule has 1 aromatic rings. The van der Waals surface area contributed by atoms with E-state index in [1.54, 1.807) is 6.20 Å². The molecule has 0 N–H and O–H groups in total. The van der Waals surface area contributed by atoms with Crippen LogP contribution >= 0.6 is 11.3 Å². The molecular formula is C15H19F2N3OS. The fraction of sp³-hybridized carbons (Fsp3) is 0.733. The van der Waals surface area contributed by atoms with Crippen LogP contribution in [0.3, 0.4) is 0 Å². The van der Waals surface area contributed by atoms with Crippen molar-refractivity contribution >= 4 is 11.3 Å². The summed E-state index contributed by atoms with van der Waals surface area (Å²) in [5.74, 6) is -2.40. The molecule has 22 heavy (non-hydrogen) atoms. The van der Waals surface area contributed by atoms with Gasteiger partial charge in [0, 0.05) is 38.0 Å². The highest BCUT2D eigenvalue weighted by molar-refractivity contribution is 7.11. The van der Waals surface area contributed by atoms with E-state index in [0.29, 0.717) is 26.1 Å². The van der Waals surface area contributed by atoms with Crippen LogP contribution in [0.15, 0.2) is 6.20 Å². The van der Waals surface area contributed by atoms with E-state index in [1.165, 1.54) is 11.3 Å². The first-order valence-corrected chi connectivity index (χ1v) is 8.45. The topological polar surface area (TPSA) is 49.2 Å². The van der Waals surface area contributed by atoms with E-state index in [9.17, 15) is 14.0 Å². The molecule has 3 rings (SSSR count). The van der Waals surface area contributed by atoms with Crippen LogP contribution in [-0.2, 0) is 4.74 Å². The van der Waals surface area contributed by atoms with Gasteiger partial charge in [-0.2, -0.15) is 5.26 Å². The molecule has 0 spiro atoms. The first-order valence-electron chi connectivity index (χ1n) is 7.64. The number of hydrogen-bond acceptors (Lipinski definition) is 5. The van der Waals surface area contributed by atoms with E-state index >= 15 is 0 Å². The summed E-state index contributed by atoms with van der Waals surface area (Å²) in [4.78, 5) is 7.42. The van der Waals surface area contributed by atoms with Crippen LogP contribution in [0.25, 0.3) is 0 Å². The summed E-state index contributed by atoms with van der Waals surface area (Å²) in [6.45, 7) is 2.76. The molecule has 0 aromatic carbocycles. The summed E-state index contributed by atoms with van der Waals surface area (Å²) < 4.78 is 31.8. The van der Waals surface area contributed by atoms with E-state index in [-0.39, 0.29) is 24.8 Å². The number of thiazole rings is 1. The number of nitrogens with zero attached hydrogens (tertiary/aromatic N) is 3. The molecule has 1 aliphatic heterocycles. The van der Waals surface area contributed by atoms with E-state index in [2.05, 4.69) is 16.0 Å². The highest BCUT2D eigenvalue weighted by Gasteiger charge is 2.36. The van der Waals surface area contributed by atoms with Crippen LogP contribution in [0, 0.1) is 11.3 Å². The fourth-order valence-corrected chi connectivity index (χ4v) is 4.23. The van der Waals surface area contributed by atoms with Gasteiger partial charge in [-0.15, -0.1) is 11.3 Å². The van der Waals surface area contributed by atoms with Gasteiger partial charge in [-0.05, 0) is 12.8 Å². The number of hydrogen-bond donors (Lipinski definition) is 0. The van der Waals surface area contributed by atoms with Gasteiger partial charge in [-0.25, -0.2) is 13.8 Å². The van der Waals surface area contributed by atoms with Crippen molar-refractivity contribution < 1.29 is 13.5 Å². The zero-order chi connectivity index (χ0) is 15.6. The standard InChI is InChI=1S/C15H19F2N3OS/c16-15(17)3-1-11(2-4-15)14-19-10-13(22-14)12(9-18)20-5-7-21-8-6-20/h10-12H,1-8H2. The minimum Gasteiger partial charge on any atom is -0.379 e. The highest BCUT2D eigenvalue weighted by Crippen LogP contribution is 2.42. The second-order valence-electron chi connectivity index (χ2n) is 5.91. The lowest BCUT2D eigenvalue weighted by atomic mass is 9.87. The van der Waals surface area contributed by atoms with Crippen LogP contribution < -0.4 is 0 Å². The first-order chi connectivity index (χ1) is 10.6. The third-order valence-electron chi connectivity index (χ3n) is 4.41. The molecule has 4 nitrogen and oxygen atoms in total. The number of alkyl halides is 2. The van der Waals surface area contributed by atoms with Gasteiger partial charge in [-0.1, -0.05) is 0 Å². The summed E-state index contributed by atoms with van der Waals surface area (Å²) in [7, 11) is 0. The van der Waals surface area contributed by atoms with Gasteiger partial charge in [0.15, 0.2) is 0 Å². The van der Waals surface area contributed by atoms with Crippen LogP contribution in [0.1, 0.15) is 47.5 Å². The second-order valence-corrected chi connectivity index (χ2v) is 7.00. The molecule has 1 atom stereocenters. The van der Waals surface area contributed by atoms with Crippen molar-refractivity contribution in [2.75, 3.05) is 26.3 Å². The number of morpholine rings is 1. The van der Waals surface area contributed by atoms with E-state index in [0.717, 1.165) is 23.0 Å². The van der Waals surface area contributed by atoms with Crippen LogP contribution in [0.4, 0.5) is 8.78 Å². The molecule has 2 fully saturated rings. The van der Waals surface area contributed by atoms with Gasteiger partial charge in [0.05, 0.1) is 29.2 Å². The maximum Gasteiger partial charge on any atom is 0.248 e. The molecule has 120 valence electrons. The summed E-state index contributed by atoms with van der Waals surface area (Å²) in [5, 5.41) is 10.4. The van der Waals surface area contributed by atoms with Crippen LogP contribution in [0.2, 0.25) is 0 Å². The largest absolute Gasteiger partial charge is 0.379 e. The minimum absolute atomic E-state index is 0.0578. The summed E-state index contributed by atoms with van der Waals surface area (Å²) in [6, 6.07) is 2.03. The lowest BCUT2D eigenvalue weighted by Crippen LogP contribution is -2.38. The highest BCUT2D eigenvalue weighted by atomic mass is 32.1. The Morgan fingerprint density at radius 3 is 2.68 bits per heavy atom. The predicted octanol–water partition coefficient (Wildman–Crippen LogP) is 3.33. The SMILES string of the molecule is N#CC(c1cnc(C2CCC(F)(F)CC2)s1)N1CCOCC1. The lowest BCUT2D eigenvalue weighted by molar-refractivity contribution is -0.0382. The maximum absolute atomic E-state index is 13.2. The van der Waals surface area contributed by atoms with Crippen molar-refractivity contribution in [2.24, 2.45) is 0 Å². The molecule has 2 aliphatic rings. The van der Waals surface area contributed by atoms with Crippen molar-refractivity contribution in [3.8, 4) is 6.07 Å². The van der Waals surface area contributed by atoms with Gasteiger partial charge < -0.3 is 4.74 Å². The second kappa shape index (κ2) is 6.57. The number of aromatic nitrogens is 1. The van der Waals surface area contributed by atoms with Crippen molar-refractivity contribution in [3.63, 3.8) is 0 Å². The Kier molecular flexibility index (Phi) is 4.71. The molecule has 1 aliphatic carbocycles. The first kappa shape index (κ1) is 15.8. The third-order valence-corrected chi connectivity index (χ3v) is 5.62. The van der Waals surface area contributed by atoms with Gasteiger partial charge in [0.1, 0.15) is 6.04 Å². The average molecular weight is 327 g/mol. The third kappa shape index (κ3) is 3.45. The fourth-order valence-electron chi connectivity index (χ4n) is 3.06.